The van der Waals surface area contributed by atoms with Gasteiger partial charge >= 0.3 is 0 Å². The highest BCUT2D eigenvalue weighted by molar-refractivity contribution is 4.73. The average Bonchev–Trinajstić information content (AvgIpc) is 2.19. The van der Waals surface area contributed by atoms with E-state index in [0.29, 0.717) is 25.1 Å². The fraction of sp³-hybridized carbons (Fsp3) is 1.00. The highest BCUT2D eigenvalue weighted by atomic mass is 16.5. The van der Waals surface area contributed by atoms with Gasteiger partial charge in [0.2, 0.25) is 0 Å². The molecule has 0 fully saturated rings. The maximum Gasteiger partial charge on any atom is 0.0897 e. The molecular formula is C12H27NO2. The van der Waals surface area contributed by atoms with Gasteiger partial charge < -0.3 is 15.2 Å². The smallest absolute Gasteiger partial charge is 0.0897 e. The Balaban J connectivity index is 3.78. The molecular weight excluding hydrogens is 190 g/mol. The van der Waals surface area contributed by atoms with E-state index in [9.17, 15) is 5.11 Å². The molecule has 3 nitrogen and oxygen atoms in total. The van der Waals surface area contributed by atoms with E-state index in [1.165, 1.54) is 12.8 Å². The molecule has 3 heteroatoms. The molecule has 0 aromatic rings. The molecule has 0 spiro atoms. The Morgan fingerprint density at radius 3 is 2.47 bits per heavy atom. The Kier molecular flexibility index (Phi) is 9.06. The van der Waals surface area contributed by atoms with E-state index in [-0.39, 0.29) is 0 Å². The van der Waals surface area contributed by atoms with E-state index in [0.717, 1.165) is 6.42 Å². The second-order valence-corrected chi connectivity index (χ2v) is 4.30. The Morgan fingerprint density at radius 1 is 1.33 bits per heavy atom. The van der Waals surface area contributed by atoms with E-state index >= 15 is 0 Å². The van der Waals surface area contributed by atoms with Gasteiger partial charge in [0, 0.05) is 19.7 Å². The first kappa shape index (κ1) is 14.9. The van der Waals surface area contributed by atoms with Crippen LogP contribution in [-0.4, -0.2) is 37.5 Å². The summed E-state index contributed by atoms with van der Waals surface area (Å²) < 4.78 is 4.89. The Labute approximate surface area is 94.2 Å². The van der Waals surface area contributed by atoms with Crippen molar-refractivity contribution in [2.45, 2.75) is 52.2 Å². The maximum absolute atomic E-state index is 9.52. The molecule has 0 saturated carbocycles. The van der Waals surface area contributed by atoms with Crippen molar-refractivity contribution in [2.75, 3.05) is 20.3 Å². The van der Waals surface area contributed by atoms with Crippen LogP contribution in [0.2, 0.25) is 0 Å². The number of ether oxygens (including phenoxy) is 1. The van der Waals surface area contributed by atoms with Gasteiger partial charge in [0.05, 0.1) is 12.7 Å². The lowest BCUT2D eigenvalue weighted by atomic mass is 9.95. The molecule has 0 aromatic heterocycles. The Hall–Kier alpha value is -0.120. The minimum atomic E-state index is -0.391. The van der Waals surface area contributed by atoms with Crippen LogP contribution in [0.4, 0.5) is 0 Å². The van der Waals surface area contributed by atoms with Crippen LogP contribution in [0.3, 0.4) is 0 Å². The number of hydrogen-bond acceptors (Lipinski definition) is 3. The molecule has 0 amide bonds. The van der Waals surface area contributed by atoms with Gasteiger partial charge in [-0.15, -0.1) is 0 Å². The zero-order valence-electron chi connectivity index (χ0n) is 10.6. The third-order valence-corrected chi connectivity index (χ3v) is 2.85. The highest BCUT2D eigenvalue weighted by Crippen LogP contribution is 2.13. The van der Waals surface area contributed by atoms with Crippen LogP contribution in [0.5, 0.6) is 0 Å². The van der Waals surface area contributed by atoms with Crippen LogP contribution in [0.15, 0.2) is 0 Å². The predicted octanol–water partition coefficient (Wildman–Crippen LogP) is 1.80. The lowest BCUT2D eigenvalue weighted by Crippen LogP contribution is -2.40. The molecule has 0 aromatic carbocycles. The second-order valence-electron chi connectivity index (χ2n) is 4.30. The maximum atomic E-state index is 9.52. The first-order valence-electron chi connectivity index (χ1n) is 6.06. The molecule has 0 aliphatic heterocycles. The predicted molar refractivity (Wildman–Crippen MR) is 64.0 cm³/mol. The average molecular weight is 217 g/mol. The zero-order chi connectivity index (χ0) is 11.7. The summed E-state index contributed by atoms with van der Waals surface area (Å²) in [5, 5.41) is 12.9. The van der Waals surface area contributed by atoms with Gasteiger partial charge in [-0.1, -0.05) is 27.2 Å². The monoisotopic (exact) mass is 217 g/mol. The lowest BCUT2D eigenvalue weighted by Gasteiger charge is -2.25. The van der Waals surface area contributed by atoms with E-state index in [1.54, 1.807) is 7.11 Å². The third-order valence-electron chi connectivity index (χ3n) is 2.85. The number of rotatable bonds is 9. The van der Waals surface area contributed by atoms with Crippen molar-refractivity contribution in [3.8, 4) is 0 Å². The quantitative estimate of drug-likeness (QED) is 0.619. The second kappa shape index (κ2) is 9.13. The summed E-state index contributed by atoms with van der Waals surface area (Å²) in [4.78, 5) is 0. The van der Waals surface area contributed by atoms with E-state index < -0.39 is 6.10 Å². The molecule has 3 atom stereocenters. The first-order chi connectivity index (χ1) is 7.15. The van der Waals surface area contributed by atoms with Crippen molar-refractivity contribution in [3.05, 3.63) is 0 Å². The van der Waals surface area contributed by atoms with Crippen LogP contribution in [0.1, 0.15) is 40.0 Å². The SMILES string of the molecule is CCCC(C)C(CC)NCC(O)COC. The number of nitrogens with one attached hydrogen (secondary N) is 1. The number of methoxy groups -OCH3 is 1. The van der Waals surface area contributed by atoms with E-state index in [4.69, 9.17) is 4.74 Å². The molecule has 2 N–H and O–H groups in total. The molecule has 0 bridgehead atoms. The van der Waals surface area contributed by atoms with E-state index in [2.05, 4.69) is 26.1 Å². The van der Waals surface area contributed by atoms with Crippen molar-refractivity contribution < 1.29 is 9.84 Å². The number of aliphatic hydroxyl groups excluding tert-OH is 1. The fourth-order valence-corrected chi connectivity index (χ4v) is 1.94. The molecule has 0 aliphatic carbocycles. The first-order valence-corrected chi connectivity index (χ1v) is 6.06. The van der Waals surface area contributed by atoms with Crippen molar-refractivity contribution in [1.82, 2.24) is 5.32 Å². The molecule has 15 heavy (non-hydrogen) atoms. The summed E-state index contributed by atoms with van der Waals surface area (Å²) in [6.45, 7) is 7.70. The largest absolute Gasteiger partial charge is 0.389 e. The third kappa shape index (κ3) is 6.88. The normalized spacial score (nSPS) is 17.4. The molecule has 0 aliphatic rings. The van der Waals surface area contributed by atoms with E-state index in [1.807, 2.05) is 0 Å². The number of aliphatic hydroxyl groups is 1. The fourth-order valence-electron chi connectivity index (χ4n) is 1.94. The summed E-state index contributed by atoms with van der Waals surface area (Å²) >= 11 is 0. The summed E-state index contributed by atoms with van der Waals surface area (Å²) in [5.74, 6) is 0.676. The highest BCUT2D eigenvalue weighted by Gasteiger charge is 2.15. The van der Waals surface area contributed by atoms with Crippen molar-refractivity contribution >= 4 is 0 Å². The lowest BCUT2D eigenvalue weighted by molar-refractivity contribution is 0.0610. The van der Waals surface area contributed by atoms with Crippen molar-refractivity contribution in [3.63, 3.8) is 0 Å². The van der Waals surface area contributed by atoms with Gasteiger partial charge in [-0.05, 0) is 18.8 Å². The molecule has 92 valence electrons. The van der Waals surface area contributed by atoms with Crippen molar-refractivity contribution in [2.24, 2.45) is 5.92 Å². The summed E-state index contributed by atoms with van der Waals surface area (Å²) in [5.41, 5.74) is 0. The Bertz CT molecular complexity index is 142. The van der Waals surface area contributed by atoms with Gasteiger partial charge in [-0.25, -0.2) is 0 Å². The van der Waals surface area contributed by atoms with Gasteiger partial charge in [0.1, 0.15) is 0 Å². The molecule has 0 heterocycles. The standard InChI is InChI=1S/C12H27NO2/c1-5-7-10(3)12(6-2)13-8-11(14)9-15-4/h10-14H,5-9H2,1-4H3. The van der Waals surface area contributed by atoms with Gasteiger partial charge in [0.15, 0.2) is 0 Å². The van der Waals surface area contributed by atoms with Crippen LogP contribution >= 0.6 is 0 Å². The minimum absolute atomic E-state index is 0.391. The van der Waals surface area contributed by atoms with Crippen LogP contribution in [0, 0.1) is 5.92 Å². The molecule has 0 rings (SSSR count). The van der Waals surface area contributed by atoms with Crippen LogP contribution < -0.4 is 5.32 Å². The van der Waals surface area contributed by atoms with Crippen LogP contribution in [-0.2, 0) is 4.74 Å². The molecule has 3 unspecified atom stereocenters. The summed E-state index contributed by atoms with van der Waals surface area (Å²) in [6, 6.07) is 0.511. The molecule has 0 saturated heterocycles. The summed E-state index contributed by atoms with van der Waals surface area (Å²) in [7, 11) is 1.61. The molecule has 0 radical (unpaired) electrons. The topological polar surface area (TPSA) is 41.5 Å². The van der Waals surface area contributed by atoms with Crippen LogP contribution in [0.25, 0.3) is 0 Å². The Morgan fingerprint density at radius 2 is 2.00 bits per heavy atom. The number of hydrogen-bond donors (Lipinski definition) is 2. The van der Waals surface area contributed by atoms with Gasteiger partial charge in [-0.3, -0.25) is 0 Å². The van der Waals surface area contributed by atoms with Gasteiger partial charge in [-0.2, -0.15) is 0 Å². The van der Waals surface area contributed by atoms with Gasteiger partial charge in [0.25, 0.3) is 0 Å². The van der Waals surface area contributed by atoms with Crippen molar-refractivity contribution in [1.29, 1.82) is 0 Å². The zero-order valence-corrected chi connectivity index (χ0v) is 10.6. The summed E-state index contributed by atoms with van der Waals surface area (Å²) in [6.07, 6.45) is 3.19. The minimum Gasteiger partial charge on any atom is -0.389 e.